The fourth-order valence-corrected chi connectivity index (χ4v) is 1.91. The lowest BCUT2D eigenvalue weighted by molar-refractivity contribution is -0.120. The second-order valence-corrected chi connectivity index (χ2v) is 5.48. The van der Waals surface area contributed by atoms with E-state index in [0.29, 0.717) is 12.2 Å². The van der Waals surface area contributed by atoms with E-state index in [1.807, 2.05) is 64.9 Å². The summed E-state index contributed by atoms with van der Waals surface area (Å²) in [5.41, 5.74) is 2.17. The standard InChI is InChI=1S/C13H16N2O2.C2H6S.C2H6/c1-15(2)7-6-10-8-14-11-4-3-5-12(13(10)11)17-9-16;1-3-2;1-2/h3-5,8-9,14H,6-7H2,1-2H3;1-2H3;1-2H3. The quantitative estimate of drug-likeness (QED) is 0.850. The van der Waals surface area contributed by atoms with Gasteiger partial charge in [0.25, 0.3) is 6.47 Å². The number of carbonyl (C=O) groups is 1. The number of aromatic nitrogens is 1. The maximum Gasteiger partial charge on any atom is 0.298 e. The van der Waals surface area contributed by atoms with E-state index in [4.69, 9.17) is 4.74 Å². The van der Waals surface area contributed by atoms with Crippen LogP contribution in [-0.4, -0.2) is 49.5 Å². The van der Waals surface area contributed by atoms with Crippen LogP contribution in [0.25, 0.3) is 10.9 Å². The van der Waals surface area contributed by atoms with Gasteiger partial charge >= 0.3 is 0 Å². The molecule has 0 unspecified atom stereocenters. The van der Waals surface area contributed by atoms with Gasteiger partial charge in [0, 0.05) is 23.6 Å². The van der Waals surface area contributed by atoms with Gasteiger partial charge in [0.2, 0.25) is 0 Å². The van der Waals surface area contributed by atoms with Crippen molar-refractivity contribution < 1.29 is 9.53 Å². The first-order chi connectivity index (χ1) is 10.6. The second kappa shape index (κ2) is 12.1. The van der Waals surface area contributed by atoms with Crippen molar-refractivity contribution in [2.24, 2.45) is 0 Å². The molecule has 1 aromatic heterocycles. The van der Waals surface area contributed by atoms with Crippen LogP contribution in [0.1, 0.15) is 19.4 Å². The lowest BCUT2D eigenvalue weighted by Crippen LogP contribution is -2.14. The van der Waals surface area contributed by atoms with Crippen LogP contribution in [0.15, 0.2) is 24.4 Å². The highest BCUT2D eigenvalue weighted by Crippen LogP contribution is 2.28. The molecule has 0 spiro atoms. The molecule has 0 atom stereocenters. The van der Waals surface area contributed by atoms with E-state index >= 15 is 0 Å². The van der Waals surface area contributed by atoms with Crippen molar-refractivity contribution in [1.82, 2.24) is 9.88 Å². The number of hydrogen-bond donors (Lipinski definition) is 1. The summed E-state index contributed by atoms with van der Waals surface area (Å²) in [4.78, 5) is 15.8. The molecule has 1 heterocycles. The molecule has 1 aromatic carbocycles. The molecule has 0 bridgehead atoms. The van der Waals surface area contributed by atoms with Gasteiger partial charge in [0.15, 0.2) is 0 Å². The molecule has 2 aromatic rings. The summed E-state index contributed by atoms with van der Waals surface area (Å²) in [7, 11) is 4.08. The Kier molecular flexibility index (Phi) is 11.3. The number of nitrogens with zero attached hydrogens (tertiary/aromatic N) is 1. The predicted molar refractivity (Wildman–Crippen MR) is 98.0 cm³/mol. The van der Waals surface area contributed by atoms with Crippen molar-refractivity contribution >= 4 is 29.1 Å². The first-order valence-corrected chi connectivity index (χ1v) is 9.01. The summed E-state index contributed by atoms with van der Waals surface area (Å²) < 4.78 is 5.01. The number of carbonyl (C=O) groups excluding carboxylic acids is 1. The maximum atomic E-state index is 10.5. The Morgan fingerprint density at radius 1 is 1.27 bits per heavy atom. The third kappa shape index (κ3) is 6.54. The number of fused-ring (bicyclic) bond motifs is 1. The number of hydrogen-bond acceptors (Lipinski definition) is 4. The van der Waals surface area contributed by atoms with E-state index in [1.165, 1.54) is 5.56 Å². The Balaban J connectivity index is 0.000000789. The van der Waals surface area contributed by atoms with Crippen molar-refractivity contribution in [1.29, 1.82) is 0 Å². The smallest absolute Gasteiger partial charge is 0.298 e. The summed E-state index contributed by atoms with van der Waals surface area (Å²) >= 11 is 1.75. The molecular weight excluding hydrogens is 296 g/mol. The third-order valence-electron chi connectivity index (χ3n) is 2.75. The fraction of sp³-hybridized carbons (Fsp3) is 0.471. The zero-order valence-electron chi connectivity index (χ0n) is 14.5. The Labute approximate surface area is 138 Å². The minimum Gasteiger partial charge on any atom is -0.428 e. The number of ether oxygens (including phenoxy) is 1. The molecule has 124 valence electrons. The number of aromatic amines is 1. The van der Waals surface area contributed by atoms with E-state index in [9.17, 15) is 4.79 Å². The summed E-state index contributed by atoms with van der Waals surface area (Å²) in [5.74, 6) is 0.618. The second-order valence-electron chi connectivity index (χ2n) is 4.67. The van der Waals surface area contributed by atoms with E-state index in [2.05, 4.69) is 9.88 Å². The Morgan fingerprint density at radius 3 is 2.45 bits per heavy atom. The monoisotopic (exact) mass is 324 g/mol. The highest BCUT2D eigenvalue weighted by molar-refractivity contribution is 7.97. The van der Waals surface area contributed by atoms with Gasteiger partial charge in [-0.1, -0.05) is 19.9 Å². The Hall–Kier alpha value is -1.46. The average Bonchev–Trinajstić information content (AvgIpc) is 2.93. The van der Waals surface area contributed by atoms with Crippen molar-refractivity contribution in [3.63, 3.8) is 0 Å². The van der Waals surface area contributed by atoms with E-state index in [-0.39, 0.29) is 0 Å². The summed E-state index contributed by atoms with van der Waals surface area (Å²) in [6, 6.07) is 5.66. The fourth-order valence-electron chi connectivity index (χ4n) is 1.91. The van der Waals surface area contributed by atoms with Crippen LogP contribution in [0.3, 0.4) is 0 Å². The molecule has 2 rings (SSSR count). The molecule has 0 aliphatic heterocycles. The van der Waals surface area contributed by atoms with Crippen LogP contribution in [0.5, 0.6) is 5.75 Å². The number of nitrogens with one attached hydrogen (secondary N) is 1. The highest BCUT2D eigenvalue weighted by Gasteiger charge is 2.09. The van der Waals surface area contributed by atoms with Gasteiger partial charge in [-0.05, 0) is 50.7 Å². The van der Waals surface area contributed by atoms with Gasteiger partial charge < -0.3 is 14.6 Å². The summed E-state index contributed by atoms with van der Waals surface area (Å²) in [5, 5.41) is 1.00. The van der Waals surface area contributed by atoms with Gasteiger partial charge in [0.1, 0.15) is 5.75 Å². The summed E-state index contributed by atoms with van der Waals surface area (Å²) in [6.07, 6.45) is 6.98. The van der Waals surface area contributed by atoms with Crippen LogP contribution in [-0.2, 0) is 11.2 Å². The highest BCUT2D eigenvalue weighted by atomic mass is 32.2. The first-order valence-electron chi connectivity index (χ1n) is 7.38. The molecule has 1 N–H and O–H groups in total. The molecular formula is C17H28N2O2S. The van der Waals surface area contributed by atoms with E-state index in [0.717, 1.165) is 23.9 Å². The molecule has 0 aliphatic carbocycles. The SMILES string of the molecule is CC.CN(C)CCc1c[nH]c2cccc(OC=O)c12.CSC. The average molecular weight is 324 g/mol. The largest absolute Gasteiger partial charge is 0.428 e. The first kappa shape index (κ1) is 20.5. The number of rotatable bonds is 5. The van der Waals surface area contributed by atoms with Crippen LogP contribution in [0.4, 0.5) is 0 Å². The number of H-pyrrole nitrogens is 1. The molecule has 0 radical (unpaired) electrons. The van der Waals surface area contributed by atoms with Crippen LogP contribution in [0, 0.1) is 0 Å². The Bertz CT molecular complexity index is 538. The van der Waals surface area contributed by atoms with Gasteiger partial charge in [-0.15, -0.1) is 0 Å². The summed E-state index contributed by atoms with van der Waals surface area (Å²) in [6.45, 7) is 5.43. The molecule has 22 heavy (non-hydrogen) atoms. The van der Waals surface area contributed by atoms with Crippen molar-refractivity contribution in [3.8, 4) is 5.75 Å². The zero-order chi connectivity index (χ0) is 17.0. The van der Waals surface area contributed by atoms with Crippen molar-refractivity contribution in [3.05, 3.63) is 30.0 Å². The minimum absolute atomic E-state index is 0.470. The number of benzene rings is 1. The van der Waals surface area contributed by atoms with Gasteiger partial charge in [-0.3, -0.25) is 4.79 Å². The maximum absolute atomic E-state index is 10.5. The molecule has 0 saturated carbocycles. The minimum atomic E-state index is 0.470. The topological polar surface area (TPSA) is 45.3 Å². The third-order valence-corrected chi connectivity index (χ3v) is 2.75. The van der Waals surface area contributed by atoms with Gasteiger partial charge in [0.05, 0.1) is 0 Å². The lowest BCUT2D eigenvalue weighted by atomic mass is 10.1. The molecule has 0 saturated heterocycles. The normalized spacial score (nSPS) is 9.59. The lowest BCUT2D eigenvalue weighted by Gasteiger charge is -2.09. The zero-order valence-corrected chi connectivity index (χ0v) is 15.3. The van der Waals surface area contributed by atoms with E-state index < -0.39 is 0 Å². The number of thioether (sulfide) groups is 1. The van der Waals surface area contributed by atoms with Crippen LogP contribution < -0.4 is 4.74 Å². The van der Waals surface area contributed by atoms with Crippen LogP contribution in [0.2, 0.25) is 0 Å². The van der Waals surface area contributed by atoms with E-state index in [1.54, 1.807) is 11.8 Å². The molecule has 0 fully saturated rings. The molecule has 5 heteroatoms. The Morgan fingerprint density at radius 2 is 1.91 bits per heavy atom. The van der Waals surface area contributed by atoms with Crippen molar-refractivity contribution in [2.45, 2.75) is 20.3 Å². The van der Waals surface area contributed by atoms with Crippen LogP contribution >= 0.6 is 11.8 Å². The van der Waals surface area contributed by atoms with Gasteiger partial charge in [-0.2, -0.15) is 11.8 Å². The molecule has 0 amide bonds. The molecule has 4 nitrogen and oxygen atoms in total. The molecule has 0 aliphatic rings. The van der Waals surface area contributed by atoms with Crippen molar-refractivity contribution in [2.75, 3.05) is 33.2 Å². The predicted octanol–water partition coefficient (Wildman–Crippen LogP) is 3.81. The number of likely N-dealkylation sites (N-methyl/N-ethyl adjacent to an activating group) is 1. The van der Waals surface area contributed by atoms with Gasteiger partial charge in [-0.25, -0.2) is 0 Å².